The van der Waals surface area contributed by atoms with Crippen LogP contribution in [0, 0.1) is 6.92 Å². The molecule has 1 fully saturated rings. The normalized spacial score (nSPS) is 16.3. The Morgan fingerprint density at radius 3 is 2.77 bits per heavy atom. The molecule has 0 spiro atoms. The van der Waals surface area contributed by atoms with E-state index in [1.807, 2.05) is 45.0 Å². The van der Waals surface area contributed by atoms with Gasteiger partial charge >= 0.3 is 6.09 Å². The van der Waals surface area contributed by atoms with Gasteiger partial charge in [0.1, 0.15) is 5.82 Å². The van der Waals surface area contributed by atoms with E-state index in [4.69, 9.17) is 9.84 Å². The number of aromatic nitrogens is 4. The Morgan fingerprint density at radius 2 is 2.03 bits per heavy atom. The number of carbonyl (C=O) groups excluding carboxylic acids is 1. The highest BCUT2D eigenvalue weighted by molar-refractivity contribution is 5.68. The fourth-order valence-corrected chi connectivity index (χ4v) is 3.84. The molecule has 9 heteroatoms. The first-order chi connectivity index (χ1) is 14.8. The highest BCUT2D eigenvalue weighted by atomic mass is 16.6. The molecule has 1 saturated heterocycles. The summed E-state index contributed by atoms with van der Waals surface area (Å²) in [7, 11) is 3.53. The Hall–Kier alpha value is -3.36. The predicted octanol–water partition coefficient (Wildman–Crippen LogP) is 2.46. The Bertz CT molecular complexity index is 1180. The van der Waals surface area contributed by atoms with Crippen LogP contribution < -0.4 is 10.5 Å². The Kier molecular flexibility index (Phi) is 5.43. The van der Waals surface area contributed by atoms with Gasteiger partial charge < -0.3 is 19.1 Å². The second-order valence-electron chi connectivity index (χ2n) is 8.29. The molecule has 0 aliphatic carbocycles. The largest absolute Gasteiger partial charge is 0.447 e. The van der Waals surface area contributed by atoms with E-state index in [9.17, 15) is 9.59 Å². The number of rotatable bonds is 4. The quantitative estimate of drug-likeness (QED) is 0.640. The zero-order valence-electron chi connectivity index (χ0n) is 18.6. The summed E-state index contributed by atoms with van der Waals surface area (Å²) >= 11 is 0. The molecule has 0 N–H and O–H groups in total. The van der Waals surface area contributed by atoms with E-state index in [1.165, 1.54) is 0 Å². The van der Waals surface area contributed by atoms with Crippen LogP contribution in [0.1, 0.15) is 26.0 Å². The van der Waals surface area contributed by atoms with Gasteiger partial charge in [0.25, 0.3) is 5.56 Å². The number of imidazole rings is 1. The maximum atomic E-state index is 12.8. The molecule has 4 heterocycles. The summed E-state index contributed by atoms with van der Waals surface area (Å²) in [6.45, 7) is 7.02. The number of amides is 1. The number of fused-ring (bicyclic) bond motifs is 1. The van der Waals surface area contributed by atoms with E-state index in [2.05, 4.69) is 9.88 Å². The molecule has 1 amide bonds. The van der Waals surface area contributed by atoms with Gasteiger partial charge in [0, 0.05) is 32.9 Å². The lowest BCUT2D eigenvalue weighted by molar-refractivity contribution is 0.0748. The summed E-state index contributed by atoms with van der Waals surface area (Å²) in [4.78, 5) is 33.2. The number of hydrogen-bond donors (Lipinski definition) is 0. The highest BCUT2D eigenvalue weighted by Crippen LogP contribution is 2.24. The van der Waals surface area contributed by atoms with Crippen molar-refractivity contribution in [3.8, 4) is 11.3 Å². The molecule has 9 nitrogen and oxygen atoms in total. The molecule has 0 saturated carbocycles. The van der Waals surface area contributed by atoms with Gasteiger partial charge in [-0.25, -0.2) is 14.3 Å². The Balaban J connectivity index is 1.61. The van der Waals surface area contributed by atoms with Crippen molar-refractivity contribution in [1.82, 2.24) is 24.1 Å². The van der Waals surface area contributed by atoms with Gasteiger partial charge in [-0.15, -0.1) is 5.10 Å². The first-order valence-electron chi connectivity index (χ1n) is 10.5. The van der Waals surface area contributed by atoms with Crippen molar-refractivity contribution < 1.29 is 9.53 Å². The van der Waals surface area contributed by atoms with Crippen molar-refractivity contribution in [1.29, 1.82) is 0 Å². The number of likely N-dealkylation sites (N-methyl/N-ethyl adjacent to an activating group) is 1. The lowest BCUT2D eigenvalue weighted by atomic mass is 10.2. The van der Waals surface area contributed by atoms with Crippen molar-refractivity contribution in [3.63, 3.8) is 0 Å². The van der Waals surface area contributed by atoms with Crippen LogP contribution in [0.5, 0.6) is 0 Å². The number of anilines is 1. The summed E-state index contributed by atoms with van der Waals surface area (Å²) in [5.41, 5.74) is 2.70. The molecule has 164 valence electrons. The minimum atomic E-state index is -0.308. The minimum Gasteiger partial charge on any atom is -0.447 e. The second-order valence-corrected chi connectivity index (χ2v) is 8.29. The number of ether oxygens (including phenoxy) is 1. The van der Waals surface area contributed by atoms with Gasteiger partial charge in [-0.2, -0.15) is 0 Å². The zero-order valence-corrected chi connectivity index (χ0v) is 18.6. The fraction of sp³-hybridized carbons (Fsp3) is 0.455. The lowest BCUT2D eigenvalue weighted by Crippen LogP contribution is -2.40. The van der Waals surface area contributed by atoms with Crippen LogP contribution in [0.4, 0.5) is 10.6 Å². The van der Waals surface area contributed by atoms with E-state index in [0.29, 0.717) is 23.4 Å². The van der Waals surface area contributed by atoms with Crippen LogP contribution in [0.3, 0.4) is 0 Å². The summed E-state index contributed by atoms with van der Waals surface area (Å²) in [6, 6.07) is 7.60. The summed E-state index contributed by atoms with van der Waals surface area (Å²) in [5.74, 6) is 0.781. The monoisotopic (exact) mass is 424 g/mol. The van der Waals surface area contributed by atoms with Crippen LogP contribution >= 0.6 is 0 Å². The number of aryl methyl sites for hydroxylation is 1. The van der Waals surface area contributed by atoms with Crippen LogP contribution in [-0.4, -0.2) is 62.4 Å². The van der Waals surface area contributed by atoms with Crippen LogP contribution in [-0.2, 0) is 11.8 Å². The molecule has 1 atom stereocenters. The second kappa shape index (κ2) is 8.05. The smallest absolute Gasteiger partial charge is 0.410 e. The van der Waals surface area contributed by atoms with Crippen molar-refractivity contribution in [3.05, 3.63) is 46.5 Å². The van der Waals surface area contributed by atoms with E-state index >= 15 is 0 Å². The van der Waals surface area contributed by atoms with E-state index in [-0.39, 0.29) is 23.8 Å². The molecular formula is C22H28N6O3. The number of hydrogen-bond acceptors (Lipinski definition) is 6. The molecule has 1 unspecified atom stereocenters. The van der Waals surface area contributed by atoms with Crippen molar-refractivity contribution in [2.45, 2.75) is 39.3 Å². The van der Waals surface area contributed by atoms with Crippen LogP contribution in [0.2, 0.25) is 0 Å². The highest BCUT2D eigenvalue weighted by Gasteiger charge is 2.30. The van der Waals surface area contributed by atoms with Crippen LogP contribution in [0.25, 0.3) is 16.9 Å². The lowest BCUT2D eigenvalue weighted by Gasteiger charge is -2.25. The predicted molar refractivity (Wildman–Crippen MR) is 118 cm³/mol. The Morgan fingerprint density at radius 1 is 1.26 bits per heavy atom. The maximum Gasteiger partial charge on any atom is 0.410 e. The topological polar surface area (TPSA) is 85.0 Å². The number of pyridine rings is 1. The zero-order chi connectivity index (χ0) is 22.3. The molecule has 0 bridgehead atoms. The fourth-order valence-electron chi connectivity index (χ4n) is 3.84. The molecule has 4 rings (SSSR count). The molecule has 0 aromatic carbocycles. The SMILES string of the molecule is Cc1ccc(-c2cnc3ccc(N4CCC(N(C)C(=O)OC(C)C)C4)nn23)c(=O)n1C. The van der Waals surface area contributed by atoms with E-state index < -0.39 is 0 Å². The van der Waals surface area contributed by atoms with Gasteiger partial charge in [-0.05, 0) is 51.5 Å². The average Bonchev–Trinajstić information content (AvgIpc) is 3.38. The third kappa shape index (κ3) is 3.87. The van der Waals surface area contributed by atoms with Gasteiger partial charge in [-0.1, -0.05) is 0 Å². The molecule has 1 aliphatic rings. The molecular weight excluding hydrogens is 396 g/mol. The minimum absolute atomic E-state index is 0.0513. The van der Waals surface area contributed by atoms with Gasteiger partial charge in [0.2, 0.25) is 0 Å². The van der Waals surface area contributed by atoms with Crippen molar-refractivity contribution in [2.75, 3.05) is 25.0 Å². The van der Waals surface area contributed by atoms with Crippen LogP contribution in [0.15, 0.2) is 35.3 Å². The van der Waals surface area contributed by atoms with Gasteiger partial charge in [0.15, 0.2) is 5.65 Å². The standard InChI is InChI=1S/C22H28N6O3/c1-14(2)31-22(30)26(5)16-10-11-27(13-16)20-9-8-19-23-12-18(28(19)24-20)17-7-6-15(3)25(4)21(17)29/h6-9,12,14,16H,10-11,13H2,1-5H3. The third-order valence-corrected chi connectivity index (χ3v) is 5.84. The molecule has 3 aromatic heterocycles. The molecule has 3 aromatic rings. The Labute approximate surface area is 180 Å². The van der Waals surface area contributed by atoms with E-state index in [0.717, 1.165) is 24.5 Å². The molecule has 31 heavy (non-hydrogen) atoms. The first-order valence-corrected chi connectivity index (χ1v) is 10.5. The summed E-state index contributed by atoms with van der Waals surface area (Å²) in [5, 5.41) is 4.77. The average molecular weight is 425 g/mol. The van der Waals surface area contributed by atoms with E-state index in [1.54, 1.807) is 34.3 Å². The maximum absolute atomic E-state index is 12.8. The van der Waals surface area contributed by atoms with Gasteiger partial charge in [0.05, 0.1) is 29.6 Å². The van der Waals surface area contributed by atoms with Gasteiger partial charge in [-0.3, -0.25) is 4.79 Å². The van der Waals surface area contributed by atoms with Crippen molar-refractivity contribution >= 4 is 17.6 Å². The summed E-state index contributed by atoms with van der Waals surface area (Å²) < 4.78 is 8.65. The molecule has 1 aliphatic heterocycles. The number of carbonyl (C=O) groups is 1. The number of nitrogens with zero attached hydrogens (tertiary/aromatic N) is 6. The summed E-state index contributed by atoms with van der Waals surface area (Å²) in [6.07, 6.45) is 2.06. The molecule has 0 radical (unpaired) electrons. The first kappa shape index (κ1) is 20.9. The van der Waals surface area contributed by atoms with Crippen molar-refractivity contribution in [2.24, 2.45) is 7.05 Å². The third-order valence-electron chi connectivity index (χ3n) is 5.84.